The molecule has 0 saturated carbocycles. The topological polar surface area (TPSA) is 61.1 Å². The average molecular weight is 209 g/mol. The summed E-state index contributed by atoms with van der Waals surface area (Å²) in [6.45, 7) is 1.36. The van der Waals surface area contributed by atoms with Gasteiger partial charge in [0.25, 0.3) is 0 Å². The van der Waals surface area contributed by atoms with Crippen molar-refractivity contribution in [3.05, 3.63) is 30.3 Å². The van der Waals surface area contributed by atoms with E-state index >= 15 is 0 Å². The summed E-state index contributed by atoms with van der Waals surface area (Å²) in [5.41, 5.74) is -1.53. The molecule has 1 aromatic carbocycles. The predicted octanol–water partition coefficient (Wildman–Crippen LogP) is 1.07. The highest BCUT2D eigenvalue weighted by Gasteiger charge is 2.23. The highest BCUT2D eigenvalue weighted by Crippen LogP contribution is 2.11. The molecule has 0 bridgehead atoms. The van der Waals surface area contributed by atoms with Crippen molar-refractivity contribution in [2.45, 2.75) is 17.4 Å². The van der Waals surface area contributed by atoms with Gasteiger partial charge in [-0.25, -0.2) is 0 Å². The Bertz CT molecular complexity index is 367. The van der Waals surface area contributed by atoms with Crippen LogP contribution >= 0.6 is 0 Å². The molecule has 0 spiro atoms. The first-order valence-corrected chi connectivity index (χ1v) is 5.44. The van der Waals surface area contributed by atoms with Crippen LogP contribution in [0.4, 0.5) is 0 Å². The van der Waals surface area contributed by atoms with Crippen LogP contribution < -0.4 is 0 Å². The molecular weight excluding hydrogens is 198 g/mol. The van der Waals surface area contributed by atoms with Crippen molar-refractivity contribution in [2.24, 2.45) is 0 Å². The maximum atomic E-state index is 11.6. The molecule has 1 rings (SSSR count). The van der Waals surface area contributed by atoms with E-state index in [1.54, 1.807) is 30.3 Å². The lowest BCUT2D eigenvalue weighted by molar-refractivity contribution is 0.145. The summed E-state index contributed by atoms with van der Waals surface area (Å²) in [6.07, 6.45) is 0. The van der Waals surface area contributed by atoms with Crippen molar-refractivity contribution >= 4 is 10.8 Å². The summed E-state index contributed by atoms with van der Waals surface area (Å²) in [6, 6.07) is 10.5. The van der Waals surface area contributed by atoms with E-state index in [2.05, 4.69) is 0 Å². The van der Waals surface area contributed by atoms with Crippen molar-refractivity contribution < 1.29 is 9.32 Å². The Balaban J connectivity index is 2.75. The zero-order chi connectivity index (χ0) is 10.6. The number of rotatable bonds is 3. The van der Waals surface area contributed by atoms with E-state index in [1.165, 1.54) is 6.92 Å². The van der Waals surface area contributed by atoms with Gasteiger partial charge in [-0.2, -0.15) is 5.26 Å². The SMILES string of the molecule is CC(O)(C#N)CS(=O)c1ccccc1. The maximum Gasteiger partial charge on any atom is 0.160 e. The standard InChI is InChI=1S/C10H11NO2S/c1-10(12,7-11)8-14(13)9-5-3-2-4-6-9/h2-6,12H,8H2,1H3. The number of aliphatic hydroxyl groups is 1. The van der Waals surface area contributed by atoms with Crippen LogP contribution in [0, 0.1) is 11.3 Å². The molecular formula is C10H11NO2S. The van der Waals surface area contributed by atoms with Crippen molar-refractivity contribution in [2.75, 3.05) is 5.75 Å². The Labute approximate surface area is 85.5 Å². The lowest BCUT2D eigenvalue weighted by Crippen LogP contribution is -2.29. The zero-order valence-electron chi connectivity index (χ0n) is 7.80. The minimum atomic E-state index is -1.53. The van der Waals surface area contributed by atoms with Gasteiger partial charge >= 0.3 is 0 Å². The lowest BCUT2D eigenvalue weighted by atomic mass is 10.2. The van der Waals surface area contributed by atoms with Gasteiger partial charge in [0.15, 0.2) is 5.60 Å². The van der Waals surface area contributed by atoms with Crippen LogP contribution in [-0.4, -0.2) is 20.7 Å². The first-order chi connectivity index (χ1) is 6.55. The van der Waals surface area contributed by atoms with Gasteiger partial charge in [0.2, 0.25) is 0 Å². The molecule has 2 atom stereocenters. The average Bonchev–Trinajstić information content (AvgIpc) is 2.19. The van der Waals surface area contributed by atoms with Crippen molar-refractivity contribution in [1.82, 2.24) is 0 Å². The highest BCUT2D eigenvalue weighted by molar-refractivity contribution is 7.85. The quantitative estimate of drug-likeness (QED) is 0.757. The molecule has 2 unspecified atom stereocenters. The molecule has 0 aliphatic heterocycles. The monoisotopic (exact) mass is 209 g/mol. The number of nitriles is 1. The maximum absolute atomic E-state index is 11.6. The smallest absolute Gasteiger partial charge is 0.160 e. The molecule has 0 radical (unpaired) electrons. The normalized spacial score (nSPS) is 16.6. The van der Waals surface area contributed by atoms with Crippen molar-refractivity contribution in [3.8, 4) is 6.07 Å². The third-order valence-corrected chi connectivity index (χ3v) is 3.28. The molecule has 1 N–H and O–H groups in total. The molecule has 1 aromatic rings. The fraction of sp³-hybridized carbons (Fsp3) is 0.300. The Kier molecular flexibility index (Phi) is 3.39. The van der Waals surface area contributed by atoms with Gasteiger partial charge in [0, 0.05) is 4.90 Å². The number of hydrogen-bond acceptors (Lipinski definition) is 3. The molecule has 74 valence electrons. The molecule has 14 heavy (non-hydrogen) atoms. The van der Waals surface area contributed by atoms with Gasteiger partial charge in [-0.3, -0.25) is 4.21 Å². The van der Waals surface area contributed by atoms with Gasteiger partial charge in [0.05, 0.1) is 22.6 Å². The molecule has 0 heterocycles. The fourth-order valence-corrected chi connectivity index (χ4v) is 2.15. The minimum absolute atomic E-state index is 0.0620. The van der Waals surface area contributed by atoms with E-state index in [4.69, 9.17) is 5.26 Å². The molecule has 0 aromatic heterocycles. The van der Waals surface area contributed by atoms with E-state index in [9.17, 15) is 9.32 Å². The van der Waals surface area contributed by atoms with E-state index in [1.807, 2.05) is 6.07 Å². The number of hydrogen-bond donors (Lipinski definition) is 1. The van der Waals surface area contributed by atoms with Gasteiger partial charge in [-0.1, -0.05) is 18.2 Å². The Hall–Kier alpha value is -1.18. The van der Waals surface area contributed by atoms with Gasteiger partial charge < -0.3 is 5.11 Å². The van der Waals surface area contributed by atoms with Crippen LogP contribution in [-0.2, 0) is 10.8 Å². The molecule has 4 heteroatoms. The van der Waals surface area contributed by atoms with E-state index in [-0.39, 0.29) is 5.75 Å². The second kappa shape index (κ2) is 4.36. The van der Waals surface area contributed by atoms with Crippen LogP contribution in [0.1, 0.15) is 6.92 Å². The van der Waals surface area contributed by atoms with Crippen LogP contribution in [0.2, 0.25) is 0 Å². The van der Waals surface area contributed by atoms with Crippen LogP contribution in [0.25, 0.3) is 0 Å². The van der Waals surface area contributed by atoms with Crippen LogP contribution in [0.3, 0.4) is 0 Å². The van der Waals surface area contributed by atoms with Crippen LogP contribution in [0.15, 0.2) is 35.2 Å². The van der Waals surface area contributed by atoms with Crippen molar-refractivity contribution in [1.29, 1.82) is 5.26 Å². The molecule has 0 saturated heterocycles. The Morgan fingerprint density at radius 3 is 2.57 bits per heavy atom. The number of nitrogens with zero attached hydrogens (tertiary/aromatic N) is 1. The Morgan fingerprint density at radius 1 is 1.50 bits per heavy atom. The molecule has 0 fully saturated rings. The zero-order valence-corrected chi connectivity index (χ0v) is 8.62. The summed E-state index contributed by atoms with van der Waals surface area (Å²) < 4.78 is 11.6. The van der Waals surface area contributed by atoms with E-state index in [0.29, 0.717) is 4.90 Å². The summed E-state index contributed by atoms with van der Waals surface area (Å²) in [4.78, 5) is 0.628. The predicted molar refractivity (Wildman–Crippen MR) is 54.0 cm³/mol. The van der Waals surface area contributed by atoms with Crippen molar-refractivity contribution in [3.63, 3.8) is 0 Å². The summed E-state index contributed by atoms with van der Waals surface area (Å²) in [7, 11) is -1.33. The lowest BCUT2D eigenvalue weighted by Gasteiger charge is -2.12. The Morgan fingerprint density at radius 2 is 2.07 bits per heavy atom. The number of benzene rings is 1. The summed E-state index contributed by atoms with van der Waals surface area (Å²) >= 11 is 0. The first kappa shape index (κ1) is 10.9. The molecule has 0 amide bonds. The van der Waals surface area contributed by atoms with E-state index in [0.717, 1.165) is 0 Å². The fourth-order valence-electron chi connectivity index (χ4n) is 0.943. The van der Waals surface area contributed by atoms with Crippen LogP contribution in [0.5, 0.6) is 0 Å². The third kappa shape index (κ3) is 2.95. The highest BCUT2D eigenvalue weighted by atomic mass is 32.2. The van der Waals surface area contributed by atoms with Gasteiger partial charge in [0.1, 0.15) is 0 Å². The second-order valence-corrected chi connectivity index (χ2v) is 4.64. The second-order valence-electron chi connectivity index (χ2n) is 3.19. The summed E-state index contributed by atoms with van der Waals surface area (Å²) in [5, 5.41) is 18.0. The minimum Gasteiger partial charge on any atom is -0.375 e. The summed E-state index contributed by atoms with van der Waals surface area (Å²) in [5.74, 6) is -0.0620. The third-order valence-electron chi connectivity index (χ3n) is 1.66. The molecule has 0 aliphatic rings. The van der Waals surface area contributed by atoms with Gasteiger partial charge in [-0.15, -0.1) is 0 Å². The van der Waals surface area contributed by atoms with Gasteiger partial charge in [-0.05, 0) is 19.1 Å². The molecule has 3 nitrogen and oxygen atoms in total. The van der Waals surface area contributed by atoms with E-state index < -0.39 is 16.4 Å². The largest absolute Gasteiger partial charge is 0.375 e. The molecule has 0 aliphatic carbocycles. The first-order valence-electron chi connectivity index (χ1n) is 4.12.